The molecule has 1 aliphatic rings. The first-order valence-electron chi connectivity index (χ1n) is 6.15. The molecule has 3 rings (SSSR count). The Labute approximate surface area is 119 Å². The van der Waals surface area contributed by atoms with Crippen LogP contribution in [0.4, 0.5) is 4.79 Å². The maximum atomic E-state index is 11.4. The fourth-order valence-corrected chi connectivity index (χ4v) is 2.93. The number of amides is 1. The van der Waals surface area contributed by atoms with Gasteiger partial charge in [0.25, 0.3) is 0 Å². The van der Waals surface area contributed by atoms with Crippen LogP contribution in [-0.2, 0) is 6.54 Å². The van der Waals surface area contributed by atoms with E-state index in [1.54, 1.807) is 12.1 Å². The van der Waals surface area contributed by atoms with E-state index in [1.165, 1.54) is 4.90 Å². The minimum Gasteiger partial charge on any atom is -0.465 e. The summed E-state index contributed by atoms with van der Waals surface area (Å²) in [6.07, 6.45) is -0.238. The van der Waals surface area contributed by atoms with Crippen LogP contribution in [0.1, 0.15) is 29.0 Å². The summed E-state index contributed by atoms with van der Waals surface area (Å²) in [6.45, 7) is 2.44. The van der Waals surface area contributed by atoms with Gasteiger partial charge in [-0.25, -0.2) is 9.78 Å². The summed E-state index contributed by atoms with van der Waals surface area (Å²) < 4.78 is 1.91. The van der Waals surface area contributed by atoms with Crippen molar-refractivity contribution in [3.63, 3.8) is 0 Å². The lowest BCUT2D eigenvalue weighted by Gasteiger charge is -2.31. The van der Waals surface area contributed by atoms with Gasteiger partial charge in [0.2, 0.25) is 0 Å². The Balaban J connectivity index is 2.29. The first-order valence-corrected chi connectivity index (χ1v) is 6.53. The third-order valence-electron chi connectivity index (χ3n) is 3.62. The van der Waals surface area contributed by atoms with Crippen molar-refractivity contribution in [3.05, 3.63) is 28.5 Å². The van der Waals surface area contributed by atoms with E-state index in [2.05, 4.69) is 4.98 Å². The highest BCUT2D eigenvalue weighted by Crippen LogP contribution is 2.32. The Bertz CT molecular complexity index is 725. The Kier molecular flexibility index (Phi) is 2.90. The second-order valence-corrected chi connectivity index (χ2v) is 5.25. The topological polar surface area (TPSA) is 75.4 Å². The Morgan fingerprint density at radius 3 is 2.95 bits per heavy atom. The number of halogens is 1. The lowest BCUT2D eigenvalue weighted by Crippen LogP contribution is -2.39. The summed E-state index contributed by atoms with van der Waals surface area (Å²) >= 11 is 5.92. The van der Waals surface area contributed by atoms with Gasteiger partial charge >= 0.3 is 6.09 Å². The molecule has 6 nitrogen and oxygen atoms in total. The zero-order valence-electron chi connectivity index (χ0n) is 10.7. The molecule has 3 heterocycles. The van der Waals surface area contributed by atoms with E-state index in [-0.39, 0.29) is 12.6 Å². The van der Waals surface area contributed by atoms with Gasteiger partial charge in [0.15, 0.2) is 6.29 Å². The predicted octanol–water partition coefficient (Wildman–Crippen LogP) is 2.56. The molecule has 0 aliphatic carbocycles. The minimum atomic E-state index is -0.990. The number of aldehydes is 1. The van der Waals surface area contributed by atoms with E-state index < -0.39 is 6.09 Å². The predicted molar refractivity (Wildman–Crippen MR) is 73.3 cm³/mol. The molecule has 1 aliphatic heterocycles. The number of fused-ring (bicyclic) bond motifs is 3. The van der Waals surface area contributed by atoms with Crippen LogP contribution in [0.3, 0.4) is 0 Å². The summed E-state index contributed by atoms with van der Waals surface area (Å²) in [5.74, 6) is 0. The maximum Gasteiger partial charge on any atom is 0.407 e. The van der Waals surface area contributed by atoms with Gasteiger partial charge in [-0.3, -0.25) is 4.79 Å². The van der Waals surface area contributed by atoms with Crippen molar-refractivity contribution < 1.29 is 14.7 Å². The van der Waals surface area contributed by atoms with Gasteiger partial charge in [0, 0.05) is 17.5 Å². The van der Waals surface area contributed by atoms with Gasteiger partial charge in [-0.15, -0.1) is 0 Å². The highest BCUT2D eigenvalue weighted by atomic mass is 35.5. The standard InChI is InChI=1S/C13H12ClN3O3/c1-7-4-16(13(19)20)5-10-9(6-18)8-2-3-11(14)15-12(8)17(7)10/h2-3,6-7H,4-5H2,1H3,(H,19,20)/t7-/m1/s1. The molecule has 1 amide bonds. The zero-order chi connectivity index (χ0) is 14.4. The van der Waals surface area contributed by atoms with Gasteiger partial charge in [-0.1, -0.05) is 11.6 Å². The van der Waals surface area contributed by atoms with Gasteiger partial charge in [0.1, 0.15) is 10.8 Å². The lowest BCUT2D eigenvalue weighted by atomic mass is 10.1. The molecule has 0 unspecified atom stereocenters. The number of rotatable bonds is 1. The van der Waals surface area contributed by atoms with Crippen LogP contribution in [0.15, 0.2) is 12.1 Å². The van der Waals surface area contributed by atoms with Crippen LogP contribution in [0.25, 0.3) is 11.0 Å². The smallest absolute Gasteiger partial charge is 0.407 e. The summed E-state index contributed by atoms with van der Waals surface area (Å²) in [5.41, 5.74) is 1.79. The molecule has 2 aromatic heterocycles. The molecule has 0 bridgehead atoms. The van der Waals surface area contributed by atoms with Crippen molar-refractivity contribution in [1.29, 1.82) is 0 Å². The van der Waals surface area contributed by atoms with E-state index in [1.807, 2.05) is 11.5 Å². The molecule has 0 saturated heterocycles. The minimum absolute atomic E-state index is 0.1000. The van der Waals surface area contributed by atoms with Crippen LogP contribution in [0, 0.1) is 0 Å². The molecule has 104 valence electrons. The average Bonchev–Trinajstić information content (AvgIpc) is 2.71. The van der Waals surface area contributed by atoms with Crippen LogP contribution in [0.2, 0.25) is 5.15 Å². The number of carboxylic acid groups (broad SMARTS) is 1. The monoisotopic (exact) mass is 293 g/mol. The summed E-state index contributed by atoms with van der Waals surface area (Å²) in [6, 6.07) is 3.28. The molecule has 7 heteroatoms. The first kappa shape index (κ1) is 12.9. The second kappa shape index (κ2) is 4.49. The highest BCUT2D eigenvalue weighted by Gasteiger charge is 2.30. The average molecular weight is 294 g/mol. The van der Waals surface area contributed by atoms with Gasteiger partial charge in [0.05, 0.1) is 18.3 Å². The molecule has 0 spiro atoms. The Morgan fingerprint density at radius 2 is 2.30 bits per heavy atom. The number of aromatic nitrogens is 2. The number of hydrogen-bond acceptors (Lipinski definition) is 3. The third-order valence-corrected chi connectivity index (χ3v) is 3.83. The van der Waals surface area contributed by atoms with Crippen LogP contribution < -0.4 is 0 Å². The number of hydrogen-bond donors (Lipinski definition) is 1. The number of carbonyl (C=O) groups is 2. The summed E-state index contributed by atoms with van der Waals surface area (Å²) in [4.78, 5) is 28.1. The second-order valence-electron chi connectivity index (χ2n) is 4.87. The molecule has 1 N–H and O–H groups in total. The quantitative estimate of drug-likeness (QED) is 0.647. The van der Waals surface area contributed by atoms with Crippen molar-refractivity contribution in [3.8, 4) is 0 Å². The lowest BCUT2D eigenvalue weighted by molar-refractivity contribution is 0.111. The fraction of sp³-hybridized carbons (Fsp3) is 0.308. The van der Waals surface area contributed by atoms with Crippen molar-refractivity contribution in [2.45, 2.75) is 19.5 Å². The number of nitrogens with zero attached hydrogens (tertiary/aromatic N) is 3. The summed E-state index contributed by atoms with van der Waals surface area (Å²) in [5, 5.41) is 10.2. The van der Waals surface area contributed by atoms with Crippen molar-refractivity contribution in [1.82, 2.24) is 14.5 Å². The SMILES string of the molecule is C[C@@H]1CN(C(=O)O)Cc2c(C=O)c3ccc(Cl)nc3n21. The highest BCUT2D eigenvalue weighted by molar-refractivity contribution is 6.29. The van der Waals surface area contributed by atoms with Gasteiger partial charge in [-0.05, 0) is 19.1 Å². The molecule has 1 atom stereocenters. The van der Waals surface area contributed by atoms with E-state index in [0.29, 0.717) is 34.0 Å². The van der Waals surface area contributed by atoms with Crippen molar-refractivity contribution >= 4 is 35.0 Å². The molecular weight excluding hydrogens is 282 g/mol. The molecule has 0 saturated carbocycles. The van der Waals surface area contributed by atoms with Gasteiger partial charge < -0.3 is 14.6 Å². The number of pyridine rings is 1. The summed E-state index contributed by atoms with van der Waals surface area (Å²) in [7, 11) is 0. The van der Waals surface area contributed by atoms with Crippen molar-refractivity contribution in [2.24, 2.45) is 0 Å². The molecule has 0 radical (unpaired) electrons. The Hall–Kier alpha value is -2.08. The molecule has 0 fully saturated rings. The molecule has 2 aromatic rings. The van der Waals surface area contributed by atoms with Crippen LogP contribution in [-0.4, -0.2) is 38.5 Å². The first-order chi connectivity index (χ1) is 9.52. The van der Waals surface area contributed by atoms with E-state index >= 15 is 0 Å². The molecule has 20 heavy (non-hydrogen) atoms. The maximum absolute atomic E-state index is 11.4. The van der Waals surface area contributed by atoms with Crippen molar-refractivity contribution in [2.75, 3.05) is 6.54 Å². The third kappa shape index (κ3) is 1.76. The normalized spacial score (nSPS) is 18.1. The fourth-order valence-electron chi connectivity index (χ4n) is 2.79. The zero-order valence-corrected chi connectivity index (χ0v) is 11.5. The van der Waals surface area contributed by atoms with Crippen LogP contribution >= 0.6 is 11.6 Å². The Morgan fingerprint density at radius 1 is 1.55 bits per heavy atom. The van der Waals surface area contributed by atoms with Crippen LogP contribution in [0.5, 0.6) is 0 Å². The van der Waals surface area contributed by atoms with E-state index in [0.717, 1.165) is 6.29 Å². The largest absolute Gasteiger partial charge is 0.465 e. The van der Waals surface area contributed by atoms with E-state index in [9.17, 15) is 9.59 Å². The van der Waals surface area contributed by atoms with Gasteiger partial charge in [-0.2, -0.15) is 0 Å². The number of carbonyl (C=O) groups excluding carboxylic acids is 1. The molecular formula is C13H12ClN3O3. The van der Waals surface area contributed by atoms with E-state index in [4.69, 9.17) is 16.7 Å². The molecule has 0 aromatic carbocycles.